The van der Waals surface area contributed by atoms with E-state index in [0.717, 1.165) is 50.8 Å². The van der Waals surface area contributed by atoms with E-state index < -0.39 is 5.41 Å². The fourth-order valence-corrected chi connectivity index (χ4v) is 17.2. The van der Waals surface area contributed by atoms with Crippen LogP contribution in [0.3, 0.4) is 0 Å². The highest BCUT2D eigenvalue weighted by Crippen LogP contribution is 2.60. The molecule has 0 aliphatic heterocycles. The van der Waals surface area contributed by atoms with E-state index in [4.69, 9.17) is 0 Å². The Kier molecular flexibility index (Phi) is 14.7. The highest BCUT2D eigenvalue weighted by atomic mass is 15.1. The van der Waals surface area contributed by atoms with Crippen LogP contribution in [0.4, 0.5) is 34.1 Å². The first-order valence-corrected chi connectivity index (χ1v) is 35.9. The summed E-state index contributed by atoms with van der Waals surface area (Å²) in [5.74, 6) is 0. The van der Waals surface area contributed by atoms with Gasteiger partial charge in [-0.05, 0) is 277 Å². The summed E-state index contributed by atoms with van der Waals surface area (Å²) < 4.78 is 0. The number of fused-ring (bicyclic) bond motifs is 9. The van der Waals surface area contributed by atoms with E-state index in [2.05, 4.69) is 413 Å². The molecule has 0 aromatic heterocycles. The molecule has 1 atom stereocenters. The fourth-order valence-electron chi connectivity index (χ4n) is 17.2. The second-order valence-corrected chi connectivity index (χ2v) is 28.4. The smallest absolute Gasteiger partial charge is 0.0465 e. The average Bonchev–Trinajstić information content (AvgIpc) is 1.54. The van der Waals surface area contributed by atoms with Crippen LogP contribution in [0.5, 0.6) is 0 Å². The van der Waals surface area contributed by atoms with Gasteiger partial charge in [-0.3, -0.25) is 0 Å². The normalized spacial score (nSPS) is 13.9. The molecule has 0 spiro atoms. The van der Waals surface area contributed by atoms with Gasteiger partial charge < -0.3 is 9.80 Å². The van der Waals surface area contributed by atoms with E-state index in [9.17, 15) is 0 Å². The molecule has 2 heteroatoms. The standard InChI is InChI=1S/C101H72N2/c1-100(2)95-63-81(102(77-37-14-6-15-38-77)78-39-16-7-17-40-78)51-53-88(95)93-66-98-94(65-96(93)100)89-54-52-82(103(79-41-18-8-19-42-79)80-43-20-9-21-44-80)64-97(89)101(98,3)76-61-74(73-58-71(67-29-10-4-11-30-67)57-72(59-73)68-31-12-5-13-32-68)60-75(62-76)85-55-56-92(87-48-27-36-70-34-23-25-46-84(70)87)99-90(85)49-28-50-91(99)86-47-26-35-69-33-22-24-45-83(69)86/h4-66H,1-3H3. The monoisotopic (exact) mass is 1310 g/mol. The molecule has 0 radical (unpaired) electrons. The number of para-hydroxylation sites is 4. The summed E-state index contributed by atoms with van der Waals surface area (Å²) in [6, 6.07) is 143. The molecule has 1 unspecified atom stereocenters. The van der Waals surface area contributed by atoms with Gasteiger partial charge >= 0.3 is 0 Å². The molecular formula is C101H72N2. The lowest BCUT2D eigenvalue weighted by molar-refractivity contribution is 0.659. The van der Waals surface area contributed by atoms with Crippen LogP contribution in [0, 0.1) is 0 Å². The molecule has 0 saturated carbocycles. The number of rotatable bonds is 13. The van der Waals surface area contributed by atoms with Crippen LogP contribution < -0.4 is 9.80 Å². The number of benzene rings is 17. The van der Waals surface area contributed by atoms with Gasteiger partial charge in [0.15, 0.2) is 0 Å². The van der Waals surface area contributed by atoms with Crippen molar-refractivity contribution in [3.05, 3.63) is 410 Å². The van der Waals surface area contributed by atoms with Crippen LogP contribution in [-0.4, -0.2) is 0 Å². The van der Waals surface area contributed by atoms with Gasteiger partial charge in [0.2, 0.25) is 0 Å². The van der Waals surface area contributed by atoms with Crippen molar-refractivity contribution in [3.63, 3.8) is 0 Å². The molecule has 0 heterocycles. The maximum absolute atomic E-state index is 2.61. The minimum Gasteiger partial charge on any atom is -0.310 e. The highest BCUT2D eigenvalue weighted by molar-refractivity contribution is 6.17. The third-order valence-corrected chi connectivity index (χ3v) is 22.2. The maximum Gasteiger partial charge on any atom is 0.0465 e. The van der Waals surface area contributed by atoms with Crippen LogP contribution >= 0.6 is 0 Å². The van der Waals surface area contributed by atoms with E-state index in [0.29, 0.717) is 0 Å². The summed E-state index contributed by atoms with van der Waals surface area (Å²) in [7, 11) is 0. The van der Waals surface area contributed by atoms with Crippen LogP contribution in [0.2, 0.25) is 0 Å². The lowest BCUT2D eigenvalue weighted by Gasteiger charge is -2.32. The Labute approximate surface area is 603 Å². The Balaban J connectivity index is 0.897. The van der Waals surface area contributed by atoms with Crippen LogP contribution in [0.1, 0.15) is 48.6 Å². The SMILES string of the molecule is CC1(C)c2cc(N(c3ccccc3)c3ccccc3)ccc2-c2cc3c(cc21)-c1ccc(N(c2ccccc2)c2ccccc2)cc1C3(C)c1cc(-c2cc(-c3ccccc3)cc(-c3ccccc3)c2)cc(-c2ccc(-c3cccc4ccccc34)c3c(-c4cccc5ccccc45)cccc23)c1. The van der Waals surface area contributed by atoms with Gasteiger partial charge in [0.25, 0.3) is 0 Å². The predicted octanol–water partition coefficient (Wildman–Crippen LogP) is 27.7. The second-order valence-electron chi connectivity index (χ2n) is 28.4. The van der Waals surface area contributed by atoms with Crippen molar-refractivity contribution >= 4 is 66.4 Å². The molecular weight excluding hydrogens is 1240 g/mol. The second kappa shape index (κ2) is 24.8. The number of anilines is 6. The molecule has 103 heavy (non-hydrogen) atoms. The Bertz CT molecular complexity index is 5910. The van der Waals surface area contributed by atoms with Crippen molar-refractivity contribution in [2.75, 3.05) is 9.80 Å². The summed E-state index contributed by atoms with van der Waals surface area (Å²) >= 11 is 0. The number of hydrogen-bond acceptors (Lipinski definition) is 2. The van der Waals surface area contributed by atoms with Gasteiger partial charge in [0.05, 0.1) is 0 Å². The van der Waals surface area contributed by atoms with Gasteiger partial charge in [-0.2, -0.15) is 0 Å². The van der Waals surface area contributed by atoms with Crippen molar-refractivity contribution in [2.45, 2.75) is 31.6 Å². The maximum atomic E-state index is 2.61. The summed E-state index contributed by atoms with van der Waals surface area (Å²) in [4.78, 5) is 4.82. The largest absolute Gasteiger partial charge is 0.310 e. The molecule has 2 nitrogen and oxygen atoms in total. The molecule has 0 N–H and O–H groups in total. The number of hydrogen-bond donors (Lipinski definition) is 0. The first-order valence-electron chi connectivity index (χ1n) is 35.9. The first-order chi connectivity index (χ1) is 50.7. The summed E-state index contributed by atoms with van der Waals surface area (Å²) in [5, 5.41) is 7.31. The van der Waals surface area contributed by atoms with E-state index >= 15 is 0 Å². The molecule has 0 amide bonds. The quantitative estimate of drug-likeness (QED) is 0.114. The van der Waals surface area contributed by atoms with Crippen molar-refractivity contribution in [1.82, 2.24) is 0 Å². The van der Waals surface area contributed by atoms with E-state index in [1.807, 2.05) is 0 Å². The zero-order valence-corrected chi connectivity index (χ0v) is 57.8. The average molecular weight is 1310 g/mol. The van der Waals surface area contributed by atoms with Crippen molar-refractivity contribution in [1.29, 1.82) is 0 Å². The first kappa shape index (κ1) is 61.2. The summed E-state index contributed by atoms with van der Waals surface area (Å²) in [5.41, 5.74) is 31.2. The highest BCUT2D eigenvalue weighted by Gasteiger charge is 2.46. The summed E-state index contributed by atoms with van der Waals surface area (Å²) in [6.07, 6.45) is 0. The van der Waals surface area contributed by atoms with Gasteiger partial charge in [0, 0.05) is 45.0 Å². The van der Waals surface area contributed by atoms with Crippen LogP contribution in [0.25, 0.3) is 121 Å². The Morgan fingerprint density at radius 2 is 0.524 bits per heavy atom. The lowest BCUT2D eigenvalue weighted by Crippen LogP contribution is -2.23. The van der Waals surface area contributed by atoms with E-state index in [-0.39, 0.29) is 5.41 Å². The topological polar surface area (TPSA) is 6.48 Å². The van der Waals surface area contributed by atoms with Gasteiger partial charge in [0.1, 0.15) is 0 Å². The Morgan fingerprint density at radius 3 is 1.05 bits per heavy atom. The van der Waals surface area contributed by atoms with E-state index in [1.165, 1.54) is 132 Å². The Morgan fingerprint density at radius 1 is 0.194 bits per heavy atom. The molecule has 2 aliphatic carbocycles. The van der Waals surface area contributed by atoms with Crippen molar-refractivity contribution < 1.29 is 0 Å². The minimum atomic E-state index is -0.726. The van der Waals surface area contributed by atoms with Gasteiger partial charge in [-0.1, -0.05) is 275 Å². The Hall–Kier alpha value is -12.9. The lowest BCUT2D eigenvalue weighted by atomic mass is 9.71. The number of nitrogens with zero attached hydrogens (tertiary/aromatic N) is 2. The zero-order chi connectivity index (χ0) is 68.8. The molecule has 19 rings (SSSR count). The molecule has 0 bridgehead atoms. The van der Waals surface area contributed by atoms with Gasteiger partial charge in [-0.25, -0.2) is 0 Å². The van der Waals surface area contributed by atoms with Gasteiger partial charge in [-0.15, -0.1) is 0 Å². The molecule has 17 aromatic carbocycles. The summed E-state index contributed by atoms with van der Waals surface area (Å²) in [6.45, 7) is 7.40. The minimum absolute atomic E-state index is 0.345. The molecule has 2 aliphatic rings. The van der Waals surface area contributed by atoms with Crippen molar-refractivity contribution in [2.24, 2.45) is 0 Å². The predicted molar refractivity (Wildman–Crippen MR) is 436 cm³/mol. The molecule has 0 saturated heterocycles. The molecule has 486 valence electrons. The van der Waals surface area contributed by atoms with Crippen LogP contribution in [-0.2, 0) is 10.8 Å². The zero-order valence-electron chi connectivity index (χ0n) is 57.8. The molecule has 0 fully saturated rings. The third-order valence-electron chi connectivity index (χ3n) is 22.2. The fraction of sp³-hybridized carbons (Fsp3) is 0.0495. The van der Waals surface area contributed by atoms with Crippen LogP contribution in [0.15, 0.2) is 382 Å². The van der Waals surface area contributed by atoms with Crippen molar-refractivity contribution in [3.8, 4) is 89.0 Å². The van der Waals surface area contributed by atoms with E-state index in [1.54, 1.807) is 0 Å². The molecule has 17 aromatic rings. The third kappa shape index (κ3) is 10.3.